The molecule has 0 radical (unpaired) electrons. The molecule has 37 heavy (non-hydrogen) atoms. The average Bonchev–Trinajstić information content (AvgIpc) is 3.30. The number of aliphatic hydroxyl groups excluding tert-OH is 1. The van der Waals surface area contributed by atoms with Gasteiger partial charge in [-0.3, -0.25) is 0 Å². The van der Waals surface area contributed by atoms with Gasteiger partial charge in [-0.15, -0.1) is 0 Å². The number of benzene rings is 1. The van der Waals surface area contributed by atoms with E-state index in [9.17, 15) is 31.4 Å². The molecule has 1 saturated heterocycles. The molecule has 3 heterocycles. The number of carboxylic acids is 1. The number of hydrogen-bond acceptors (Lipinski definition) is 8. The van der Waals surface area contributed by atoms with Crippen LogP contribution in [-0.2, 0) is 11.0 Å². The summed E-state index contributed by atoms with van der Waals surface area (Å²) in [5.41, 5.74) is 5.65. The zero-order valence-corrected chi connectivity index (χ0v) is 19.2. The van der Waals surface area contributed by atoms with E-state index >= 15 is 0 Å². The molecule has 5 N–H and O–H groups in total. The van der Waals surface area contributed by atoms with Crippen molar-refractivity contribution in [3.8, 4) is 11.3 Å². The van der Waals surface area contributed by atoms with Crippen molar-refractivity contribution in [2.75, 3.05) is 36.1 Å². The Kier molecular flexibility index (Phi) is 7.95. The molecule has 1 atom stereocenters. The molecular formula is C22H22F6N6O3. The number of halogens is 6. The Morgan fingerprint density at radius 1 is 1.14 bits per heavy atom. The molecule has 200 valence electrons. The quantitative estimate of drug-likeness (QED) is 0.368. The van der Waals surface area contributed by atoms with Gasteiger partial charge in [-0.1, -0.05) is 6.07 Å². The number of pyridine rings is 1. The smallest absolute Gasteiger partial charge is 0.475 e. The van der Waals surface area contributed by atoms with Crippen molar-refractivity contribution >= 4 is 34.5 Å². The molecule has 1 aromatic carbocycles. The van der Waals surface area contributed by atoms with Gasteiger partial charge < -0.3 is 26.2 Å². The zero-order valence-electron chi connectivity index (χ0n) is 19.2. The van der Waals surface area contributed by atoms with E-state index in [0.717, 1.165) is 12.5 Å². The van der Waals surface area contributed by atoms with Gasteiger partial charge in [-0.2, -0.15) is 36.3 Å². The van der Waals surface area contributed by atoms with Gasteiger partial charge in [-0.05, 0) is 37.1 Å². The lowest BCUT2D eigenvalue weighted by Crippen LogP contribution is -2.32. The fourth-order valence-electron chi connectivity index (χ4n) is 3.98. The number of carboxylic acid groups (broad SMARTS) is 1. The number of fused-ring (bicyclic) bond motifs is 1. The van der Waals surface area contributed by atoms with Crippen LogP contribution in [0.3, 0.4) is 0 Å². The molecule has 4 rings (SSSR count). The number of hydrogen-bond donors (Lipinski definition) is 4. The third-order valence-electron chi connectivity index (χ3n) is 5.56. The summed E-state index contributed by atoms with van der Waals surface area (Å²) in [6.07, 6.45) is -8.15. The normalized spacial score (nSPS) is 15.9. The summed E-state index contributed by atoms with van der Waals surface area (Å²) in [5, 5.41) is 20.3. The van der Waals surface area contributed by atoms with E-state index in [1.165, 1.54) is 12.1 Å². The highest BCUT2D eigenvalue weighted by molar-refractivity contribution is 5.91. The van der Waals surface area contributed by atoms with Crippen LogP contribution in [-0.4, -0.2) is 63.6 Å². The van der Waals surface area contributed by atoms with E-state index in [2.05, 4.69) is 20.3 Å². The number of nitrogens with one attached hydrogen (secondary N) is 1. The average molecular weight is 532 g/mol. The Labute approximate surface area is 206 Å². The van der Waals surface area contributed by atoms with Gasteiger partial charge in [-0.25, -0.2) is 9.78 Å². The van der Waals surface area contributed by atoms with Crippen LogP contribution in [0.15, 0.2) is 30.3 Å². The van der Waals surface area contributed by atoms with Gasteiger partial charge in [0.15, 0.2) is 5.65 Å². The summed E-state index contributed by atoms with van der Waals surface area (Å²) in [5.74, 6) is -2.34. The van der Waals surface area contributed by atoms with Crippen LogP contribution < -0.4 is 16.0 Å². The molecule has 0 saturated carbocycles. The number of carbonyl (C=O) groups is 1. The first-order valence-corrected chi connectivity index (χ1v) is 10.8. The lowest BCUT2D eigenvalue weighted by Gasteiger charge is -2.29. The third kappa shape index (κ3) is 6.10. The molecule has 1 aliphatic heterocycles. The van der Waals surface area contributed by atoms with E-state index in [1.807, 2.05) is 4.90 Å². The van der Waals surface area contributed by atoms with Gasteiger partial charge >= 0.3 is 18.3 Å². The summed E-state index contributed by atoms with van der Waals surface area (Å²) in [6, 6.07) is 6.99. The van der Waals surface area contributed by atoms with Crippen molar-refractivity contribution in [3.63, 3.8) is 0 Å². The van der Waals surface area contributed by atoms with Crippen LogP contribution >= 0.6 is 0 Å². The number of nitrogens with two attached hydrogens (primary N) is 1. The molecule has 1 unspecified atom stereocenters. The molecule has 0 bridgehead atoms. The maximum atomic E-state index is 13.9. The molecular weight excluding hydrogens is 510 g/mol. The lowest BCUT2D eigenvalue weighted by molar-refractivity contribution is -0.192. The second-order valence-corrected chi connectivity index (χ2v) is 7.92. The van der Waals surface area contributed by atoms with Gasteiger partial charge in [0, 0.05) is 24.8 Å². The highest BCUT2D eigenvalue weighted by Crippen LogP contribution is 2.43. The van der Waals surface area contributed by atoms with Crippen LogP contribution in [0.4, 0.5) is 43.8 Å². The highest BCUT2D eigenvalue weighted by atomic mass is 19.4. The van der Waals surface area contributed by atoms with E-state index < -0.39 is 23.9 Å². The predicted octanol–water partition coefficient (Wildman–Crippen LogP) is 3.93. The monoisotopic (exact) mass is 532 g/mol. The minimum atomic E-state index is -5.08. The second-order valence-electron chi connectivity index (χ2n) is 7.92. The van der Waals surface area contributed by atoms with E-state index in [4.69, 9.17) is 15.6 Å². The summed E-state index contributed by atoms with van der Waals surface area (Å²) in [4.78, 5) is 23.3. The molecule has 3 aromatic rings. The van der Waals surface area contributed by atoms with Crippen LogP contribution in [0.25, 0.3) is 22.3 Å². The van der Waals surface area contributed by atoms with E-state index in [-0.39, 0.29) is 35.5 Å². The maximum absolute atomic E-state index is 13.9. The fourth-order valence-corrected chi connectivity index (χ4v) is 3.98. The first-order valence-electron chi connectivity index (χ1n) is 10.8. The summed E-state index contributed by atoms with van der Waals surface area (Å²) >= 11 is 0. The number of aliphatic carboxylic acids is 1. The zero-order chi connectivity index (χ0) is 27.5. The molecule has 2 aromatic heterocycles. The molecule has 0 amide bonds. The molecule has 15 heteroatoms. The fraction of sp³-hybridized carbons (Fsp3) is 0.364. The molecule has 0 aliphatic carbocycles. The SMILES string of the molecule is CNc1nc(N)nc2nc(-c3c(N4CCCC4CO)cccc3C(F)(F)F)ccc12.O=C(O)C(F)(F)F. The lowest BCUT2D eigenvalue weighted by atomic mass is 9.99. The summed E-state index contributed by atoms with van der Waals surface area (Å²) in [6.45, 7) is 0.433. The first-order chi connectivity index (χ1) is 17.3. The molecule has 9 nitrogen and oxygen atoms in total. The first kappa shape index (κ1) is 27.7. The maximum Gasteiger partial charge on any atom is 0.490 e. The number of rotatable bonds is 4. The Bertz CT molecular complexity index is 1280. The van der Waals surface area contributed by atoms with E-state index in [1.54, 1.807) is 19.2 Å². The van der Waals surface area contributed by atoms with Crippen molar-refractivity contribution in [1.29, 1.82) is 0 Å². The number of aliphatic hydroxyl groups is 1. The Morgan fingerprint density at radius 2 is 1.81 bits per heavy atom. The standard InChI is InChI=1S/C20H21F3N6O.C2HF3O2/c1-25-17-12-7-8-14(26-18(12)28-19(24)27-17)16-13(20(21,22)23)5-2-6-15(16)29-9-3-4-11(29)10-30;3-2(4,5)1(6)7/h2,5-8,11,30H,3-4,9-10H2,1H3,(H3,24,25,26,27,28);(H,6,7). The minimum absolute atomic E-state index is 0.0271. The minimum Gasteiger partial charge on any atom is -0.475 e. The number of nitrogen functional groups attached to an aromatic ring is 1. The molecule has 0 spiro atoms. The van der Waals surface area contributed by atoms with Gasteiger partial charge in [0.05, 0.1) is 29.3 Å². The van der Waals surface area contributed by atoms with Gasteiger partial charge in [0.2, 0.25) is 5.95 Å². The molecule has 1 aliphatic rings. The van der Waals surface area contributed by atoms with E-state index in [0.29, 0.717) is 29.9 Å². The van der Waals surface area contributed by atoms with Crippen molar-refractivity contribution in [2.24, 2.45) is 0 Å². The van der Waals surface area contributed by atoms with Crippen LogP contribution in [0.5, 0.6) is 0 Å². The third-order valence-corrected chi connectivity index (χ3v) is 5.56. The molecule has 1 fully saturated rings. The Morgan fingerprint density at radius 3 is 2.38 bits per heavy atom. The number of anilines is 3. The van der Waals surface area contributed by atoms with Crippen molar-refractivity contribution in [3.05, 3.63) is 35.9 Å². The largest absolute Gasteiger partial charge is 0.490 e. The van der Waals surface area contributed by atoms with Crippen molar-refractivity contribution < 1.29 is 41.4 Å². The number of aromatic nitrogens is 3. The van der Waals surface area contributed by atoms with Gasteiger partial charge in [0.25, 0.3) is 0 Å². The van der Waals surface area contributed by atoms with Crippen LogP contribution in [0.2, 0.25) is 0 Å². The van der Waals surface area contributed by atoms with Crippen LogP contribution in [0, 0.1) is 0 Å². The summed E-state index contributed by atoms with van der Waals surface area (Å²) < 4.78 is 73.5. The topological polar surface area (TPSA) is 137 Å². The Balaban J connectivity index is 0.000000479. The van der Waals surface area contributed by atoms with Crippen LogP contribution in [0.1, 0.15) is 18.4 Å². The number of nitrogens with zero attached hydrogens (tertiary/aromatic N) is 4. The summed E-state index contributed by atoms with van der Waals surface area (Å²) in [7, 11) is 1.66. The second kappa shape index (κ2) is 10.6. The highest BCUT2D eigenvalue weighted by Gasteiger charge is 2.38. The predicted molar refractivity (Wildman–Crippen MR) is 123 cm³/mol. The van der Waals surface area contributed by atoms with Crippen molar-refractivity contribution in [1.82, 2.24) is 15.0 Å². The van der Waals surface area contributed by atoms with Gasteiger partial charge in [0.1, 0.15) is 5.82 Å². The van der Waals surface area contributed by atoms with Crippen molar-refractivity contribution in [2.45, 2.75) is 31.2 Å². The Hall–Kier alpha value is -3.88. The number of alkyl halides is 6.